The van der Waals surface area contributed by atoms with Crippen molar-refractivity contribution in [2.75, 3.05) is 0 Å². The fourth-order valence-electron chi connectivity index (χ4n) is 2.06. The third-order valence-electron chi connectivity index (χ3n) is 3.46. The van der Waals surface area contributed by atoms with Gasteiger partial charge in [0.1, 0.15) is 5.60 Å². The van der Waals surface area contributed by atoms with Crippen molar-refractivity contribution in [3.05, 3.63) is 0 Å². The summed E-state index contributed by atoms with van der Waals surface area (Å²) in [5.41, 5.74) is -1.65. The Bertz CT molecular complexity index is 212. The summed E-state index contributed by atoms with van der Waals surface area (Å²) < 4.78 is 0. The van der Waals surface area contributed by atoms with Crippen molar-refractivity contribution in [2.24, 2.45) is 0 Å². The van der Waals surface area contributed by atoms with Gasteiger partial charge in [0.05, 0.1) is 5.97 Å². The molecule has 0 aliphatic heterocycles. The van der Waals surface area contributed by atoms with Crippen LogP contribution in [0.15, 0.2) is 0 Å². The molecule has 3 heteroatoms. The van der Waals surface area contributed by atoms with Crippen LogP contribution in [0.2, 0.25) is 0 Å². The molecule has 0 aromatic carbocycles. The van der Waals surface area contributed by atoms with Gasteiger partial charge in [-0.05, 0) is 13.3 Å². The third-order valence-corrected chi connectivity index (χ3v) is 3.46. The van der Waals surface area contributed by atoms with Gasteiger partial charge >= 0.3 is 0 Å². The lowest BCUT2D eigenvalue weighted by molar-refractivity contribution is -0.324. The maximum Gasteiger partial charge on any atom is 0.101 e. The Morgan fingerprint density at radius 2 is 1.33 bits per heavy atom. The van der Waals surface area contributed by atoms with Gasteiger partial charge in [0.15, 0.2) is 0 Å². The molecule has 0 aliphatic carbocycles. The van der Waals surface area contributed by atoms with E-state index in [-0.39, 0.29) is 0 Å². The number of carbonyl (C=O) groups excluding carboxylic acids is 1. The van der Waals surface area contributed by atoms with Crippen molar-refractivity contribution in [3.8, 4) is 0 Å². The molecule has 18 heavy (non-hydrogen) atoms. The minimum absolute atomic E-state index is 0.297. The van der Waals surface area contributed by atoms with E-state index in [0.717, 1.165) is 19.3 Å². The lowest BCUT2D eigenvalue weighted by atomic mass is 9.97. The summed E-state index contributed by atoms with van der Waals surface area (Å²) >= 11 is 0. The van der Waals surface area contributed by atoms with Gasteiger partial charge in [0.2, 0.25) is 0 Å². The first-order valence-electron chi connectivity index (χ1n) is 7.44. The van der Waals surface area contributed by atoms with Gasteiger partial charge in [-0.25, -0.2) is 0 Å². The zero-order chi connectivity index (χ0) is 13.9. The summed E-state index contributed by atoms with van der Waals surface area (Å²) in [6.45, 7) is 3.54. The Kier molecular flexibility index (Phi) is 10.0. The van der Waals surface area contributed by atoms with Crippen LogP contribution in [0.25, 0.3) is 0 Å². The Labute approximate surface area is 112 Å². The Hall–Kier alpha value is -0.570. The number of hydrogen-bond acceptors (Lipinski definition) is 3. The molecular weight excluding hydrogens is 228 g/mol. The van der Waals surface area contributed by atoms with Crippen molar-refractivity contribution in [2.45, 2.75) is 90.1 Å². The summed E-state index contributed by atoms with van der Waals surface area (Å²) in [4.78, 5) is 10.6. The van der Waals surface area contributed by atoms with Crippen molar-refractivity contribution in [1.29, 1.82) is 0 Å². The molecule has 0 radical (unpaired) electrons. The minimum Gasteiger partial charge on any atom is -0.547 e. The van der Waals surface area contributed by atoms with E-state index in [0.29, 0.717) is 6.42 Å². The normalized spacial score (nSPS) is 14.4. The molecule has 108 valence electrons. The molecule has 0 amide bonds. The number of carbonyl (C=O) groups is 1. The minimum atomic E-state index is -1.65. The highest BCUT2D eigenvalue weighted by Crippen LogP contribution is 2.16. The maximum absolute atomic E-state index is 10.6. The number of unbranched alkanes of at least 4 members (excludes halogenated alkanes) is 9. The average molecular weight is 257 g/mol. The van der Waals surface area contributed by atoms with E-state index in [9.17, 15) is 15.0 Å². The summed E-state index contributed by atoms with van der Waals surface area (Å²) in [6, 6.07) is 0. The number of rotatable bonds is 12. The summed E-state index contributed by atoms with van der Waals surface area (Å²) in [7, 11) is 0. The highest BCUT2D eigenvalue weighted by molar-refractivity contribution is 5.74. The summed E-state index contributed by atoms with van der Waals surface area (Å²) in [5, 5.41) is 20.0. The van der Waals surface area contributed by atoms with Crippen LogP contribution in [0.3, 0.4) is 0 Å². The van der Waals surface area contributed by atoms with Gasteiger partial charge in [-0.2, -0.15) is 0 Å². The third kappa shape index (κ3) is 9.46. The Morgan fingerprint density at radius 1 is 0.944 bits per heavy atom. The molecule has 1 unspecified atom stereocenters. The maximum atomic E-state index is 10.6. The molecule has 0 spiro atoms. The van der Waals surface area contributed by atoms with Crippen LogP contribution in [-0.4, -0.2) is 16.7 Å². The van der Waals surface area contributed by atoms with Crippen molar-refractivity contribution in [3.63, 3.8) is 0 Å². The SMILES string of the molecule is CCCCCCCCCCCCC(C)(O)C(=O)[O-]. The van der Waals surface area contributed by atoms with Gasteiger partial charge in [-0.3, -0.25) is 0 Å². The highest BCUT2D eigenvalue weighted by Gasteiger charge is 2.20. The second-order valence-corrected chi connectivity index (χ2v) is 5.49. The Balaban J connectivity index is 3.24. The zero-order valence-corrected chi connectivity index (χ0v) is 12.0. The molecule has 0 bridgehead atoms. The predicted octanol–water partition coefficient (Wildman–Crippen LogP) is 2.80. The first-order valence-corrected chi connectivity index (χ1v) is 7.44. The van der Waals surface area contributed by atoms with Crippen molar-refractivity contribution in [1.82, 2.24) is 0 Å². The van der Waals surface area contributed by atoms with Crippen LogP contribution in [0.5, 0.6) is 0 Å². The number of aliphatic hydroxyl groups is 1. The Morgan fingerprint density at radius 3 is 1.72 bits per heavy atom. The van der Waals surface area contributed by atoms with Gasteiger partial charge in [0, 0.05) is 0 Å². The number of aliphatic carboxylic acids is 1. The number of carboxylic acid groups (broad SMARTS) is 1. The molecule has 1 atom stereocenters. The lowest BCUT2D eigenvalue weighted by Crippen LogP contribution is -2.45. The van der Waals surface area contributed by atoms with Crippen LogP contribution in [0.4, 0.5) is 0 Å². The van der Waals surface area contributed by atoms with Crippen LogP contribution < -0.4 is 5.11 Å². The number of carboxylic acids is 1. The topological polar surface area (TPSA) is 60.4 Å². The van der Waals surface area contributed by atoms with E-state index in [1.165, 1.54) is 51.9 Å². The van der Waals surface area contributed by atoms with Crippen LogP contribution >= 0.6 is 0 Å². The molecule has 0 aromatic rings. The first-order chi connectivity index (χ1) is 8.50. The average Bonchev–Trinajstić information content (AvgIpc) is 2.31. The van der Waals surface area contributed by atoms with Gasteiger partial charge in [0.25, 0.3) is 0 Å². The van der Waals surface area contributed by atoms with Crippen molar-refractivity contribution < 1.29 is 15.0 Å². The van der Waals surface area contributed by atoms with E-state index < -0.39 is 11.6 Å². The predicted molar refractivity (Wildman–Crippen MR) is 72.1 cm³/mol. The van der Waals surface area contributed by atoms with Crippen molar-refractivity contribution >= 4 is 5.97 Å². The van der Waals surface area contributed by atoms with E-state index in [2.05, 4.69) is 6.92 Å². The molecule has 0 aromatic heterocycles. The monoisotopic (exact) mass is 257 g/mol. The molecule has 0 rings (SSSR count). The van der Waals surface area contributed by atoms with E-state index in [1.54, 1.807) is 0 Å². The largest absolute Gasteiger partial charge is 0.547 e. The summed E-state index contributed by atoms with van der Waals surface area (Å²) in [6.07, 6.45) is 12.3. The molecule has 0 saturated carbocycles. The van der Waals surface area contributed by atoms with Crippen LogP contribution in [0.1, 0.15) is 84.5 Å². The second-order valence-electron chi connectivity index (χ2n) is 5.49. The van der Waals surface area contributed by atoms with E-state index >= 15 is 0 Å². The van der Waals surface area contributed by atoms with Gasteiger partial charge in [-0.15, -0.1) is 0 Å². The van der Waals surface area contributed by atoms with Gasteiger partial charge in [-0.1, -0.05) is 71.1 Å². The smallest absolute Gasteiger partial charge is 0.101 e. The van der Waals surface area contributed by atoms with E-state index in [1.807, 2.05) is 0 Å². The lowest BCUT2D eigenvalue weighted by Gasteiger charge is -2.23. The first kappa shape index (κ1) is 17.4. The molecule has 1 N–H and O–H groups in total. The molecule has 0 fully saturated rings. The summed E-state index contributed by atoms with van der Waals surface area (Å²) in [5.74, 6) is -1.36. The zero-order valence-electron chi connectivity index (χ0n) is 12.0. The molecule has 3 nitrogen and oxygen atoms in total. The molecule has 0 heterocycles. The fourth-order valence-corrected chi connectivity index (χ4v) is 2.06. The second kappa shape index (κ2) is 10.4. The number of hydrogen-bond donors (Lipinski definition) is 1. The van der Waals surface area contributed by atoms with Gasteiger partial charge < -0.3 is 15.0 Å². The fraction of sp³-hybridized carbons (Fsp3) is 0.933. The molecule has 0 aliphatic rings. The standard InChI is InChI=1S/C15H30O3/c1-3-4-5-6-7-8-9-10-11-12-13-15(2,18)14(16)17/h18H,3-13H2,1-2H3,(H,16,17)/p-1. The van der Waals surface area contributed by atoms with E-state index in [4.69, 9.17) is 0 Å². The van der Waals surface area contributed by atoms with Crippen LogP contribution in [0, 0.1) is 0 Å². The van der Waals surface area contributed by atoms with Crippen LogP contribution in [-0.2, 0) is 4.79 Å². The highest BCUT2D eigenvalue weighted by atomic mass is 16.4. The molecular formula is C15H29O3-. The quantitative estimate of drug-likeness (QED) is 0.547. The molecule has 0 saturated heterocycles.